The van der Waals surface area contributed by atoms with E-state index < -0.39 is 0 Å². The number of likely N-dealkylation sites (N-methyl/N-ethyl adjacent to an activating group) is 2. The predicted molar refractivity (Wildman–Crippen MR) is 89.7 cm³/mol. The first kappa shape index (κ1) is 17.4. The van der Waals surface area contributed by atoms with Gasteiger partial charge in [0.15, 0.2) is 0 Å². The van der Waals surface area contributed by atoms with Crippen LogP contribution in [0.25, 0.3) is 5.57 Å². The van der Waals surface area contributed by atoms with Crippen molar-refractivity contribution in [1.29, 1.82) is 0 Å². The summed E-state index contributed by atoms with van der Waals surface area (Å²) in [6.07, 6.45) is 2.56. The van der Waals surface area contributed by atoms with Crippen LogP contribution >= 0.6 is 0 Å². The third kappa shape index (κ3) is 5.35. The van der Waals surface area contributed by atoms with Crippen LogP contribution in [-0.2, 0) is 6.42 Å². The molecule has 0 aliphatic carbocycles. The lowest BCUT2D eigenvalue weighted by atomic mass is 9.95. The summed E-state index contributed by atoms with van der Waals surface area (Å²) in [7, 11) is 3.99. The topological polar surface area (TPSA) is 15.3 Å². The number of nitrogens with one attached hydrogen (secondary N) is 1. The van der Waals surface area contributed by atoms with Gasteiger partial charge < -0.3 is 10.2 Å². The van der Waals surface area contributed by atoms with Gasteiger partial charge in [0, 0.05) is 25.8 Å². The SMILES string of the molecule is C=C(CC)c1cc(F)ccc1CCC(=C)N(C)CCNC. The highest BCUT2D eigenvalue weighted by atomic mass is 19.1. The highest BCUT2D eigenvalue weighted by molar-refractivity contribution is 5.66. The quantitative estimate of drug-likeness (QED) is 0.743. The summed E-state index contributed by atoms with van der Waals surface area (Å²) < 4.78 is 13.4. The molecule has 116 valence electrons. The third-order valence-corrected chi connectivity index (χ3v) is 3.80. The van der Waals surface area contributed by atoms with E-state index >= 15 is 0 Å². The van der Waals surface area contributed by atoms with E-state index in [1.54, 1.807) is 6.07 Å². The minimum absolute atomic E-state index is 0.201. The molecule has 1 rings (SSSR count). The van der Waals surface area contributed by atoms with Gasteiger partial charge in [-0.2, -0.15) is 0 Å². The number of halogens is 1. The van der Waals surface area contributed by atoms with Gasteiger partial charge in [-0.1, -0.05) is 26.1 Å². The largest absolute Gasteiger partial charge is 0.377 e. The first-order valence-electron chi connectivity index (χ1n) is 7.49. The molecular formula is C18H27FN2. The van der Waals surface area contributed by atoms with E-state index in [9.17, 15) is 4.39 Å². The zero-order valence-electron chi connectivity index (χ0n) is 13.5. The molecule has 3 heteroatoms. The van der Waals surface area contributed by atoms with Crippen molar-refractivity contribution in [1.82, 2.24) is 10.2 Å². The number of allylic oxidation sites excluding steroid dienone is 2. The lowest BCUT2D eigenvalue weighted by Gasteiger charge is -2.22. The van der Waals surface area contributed by atoms with Gasteiger partial charge >= 0.3 is 0 Å². The molecule has 0 bridgehead atoms. The summed E-state index contributed by atoms with van der Waals surface area (Å²) in [5, 5.41) is 3.13. The predicted octanol–water partition coefficient (Wildman–Crippen LogP) is 3.85. The van der Waals surface area contributed by atoms with Gasteiger partial charge in [0.2, 0.25) is 0 Å². The second-order valence-electron chi connectivity index (χ2n) is 5.35. The molecular weight excluding hydrogens is 263 g/mol. The van der Waals surface area contributed by atoms with Crippen LogP contribution in [0, 0.1) is 5.82 Å². The lowest BCUT2D eigenvalue weighted by Crippen LogP contribution is -2.26. The molecule has 0 radical (unpaired) electrons. The summed E-state index contributed by atoms with van der Waals surface area (Å²) in [6.45, 7) is 12.1. The fourth-order valence-corrected chi connectivity index (χ4v) is 2.19. The Labute approximate surface area is 128 Å². The molecule has 0 unspecified atom stereocenters. The van der Waals surface area contributed by atoms with Crippen LogP contribution in [0.15, 0.2) is 37.1 Å². The van der Waals surface area contributed by atoms with Gasteiger partial charge in [-0.15, -0.1) is 0 Å². The Hall–Kier alpha value is -1.61. The molecule has 0 saturated heterocycles. The van der Waals surface area contributed by atoms with Crippen molar-refractivity contribution >= 4 is 5.57 Å². The zero-order valence-corrected chi connectivity index (χ0v) is 13.5. The van der Waals surface area contributed by atoms with Crippen LogP contribution in [0.1, 0.15) is 30.9 Å². The number of benzene rings is 1. The van der Waals surface area contributed by atoms with Gasteiger partial charge in [-0.3, -0.25) is 0 Å². The van der Waals surface area contributed by atoms with Gasteiger partial charge in [0.25, 0.3) is 0 Å². The van der Waals surface area contributed by atoms with E-state index in [4.69, 9.17) is 0 Å². The maximum absolute atomic E-state index is 13.4. The van der Waals surface area contributed by atoms with Crippen LogP contribution in [0.2, 0.25) is 0 Å². The highest BCUT2D eigenvalue weighted by Gasteiger charge is 2.09. The number of rotatable bonds is 9. The summed E-state index contributed by atoms with van der Waals surface area (Å²) in [4.78, 5) is 2.16. The van der Waals surface area contributed by atoms with Crippen LogP contribution in [0.5, 0.6) is 0 Å². The molecule has 0 atom stereocenters. The van der Waals surface area contributed by atoms with Crippen molar-refractivity contribution in [2.45, 2.75) is 26.2 Å². The molecule has 1 N–H and O–H groups in total. The Morgan fingerprint density at radius 1 is 1.33 bits per heavy atom. The van der Waals surface area contributed by atoms with Crippen LogP contribution in [0.3, 0.4) is 0 Å². The standard InChI is InChI=1S/C18H27FN2/c1-6-14(2)18-13-17(19)10-9-16(18)8-7-15(3)21(5)12-11-20-4/h9-10,13,20H,2-3,6-8,11-12H2,1,4-5H3. The summed E-state index contributed by atoms with van der Waals surface area (Å²) in [5.74, 6) is -0.201. The van der Waals surface area contributed by atoms with E-state index in [2.05, 4.69) is 30.4 Å². The minimum Gasteiger partial charge on any atom is -0.377 e. The van der Waals surface area contributed by atoms with Crippen molar-refractivity contribution in [2.24, 2.45) is 0 Å². The average Bonchev–Trinajstić information content (AvgIpc) is 2.49. The van der Waals surface area contributed by atoms with Crippen molar-refractivity contribution in [3.63, 3.8) is 0 Å². The van der Waals surface area contributed by atoms with Gasteiger partial charge in [-0.05, 0) is 55.1 Å². The van der Waals surface area contributed by atoms with E-state index in [0.717, 1.165) is 54.7 Å². The number of aryl methyl sites for hydroxylation is 1. The Morgan fingerprint density at radius 2 is 2.05 bits per heavy atom. The van der Waals surface area contributed by atoms with E-state index in [1.807, 2.05) is 20.0 Å². The smallest absolute Gasteiger partial charge is 0.123 e. The maximum atomic E-state index is 13.4. The molecule has 0 saturated carbocycles. The molecule has 1 aromatic carbocycles. The fourth-order valence-electron chi connectivity index (χ4n) is 2.19. The maximum Gasteiger partial charge on any atom is 0.123 e. The second kappa shape index (κ2) is 8.63. The Morgan fingerprint density at radius 3 is 2.67 bits per heavy atom. The molecule has 2 nitrogen and oxygen atoms in total. The fraction of sp³-hybridized carbons (Fsp3) is 0.444. The van der Waals surface area contributed by atoms with Gasteiger partial charge in [0.1, 0.15) is 5.82 Å². The zero-order chi connectivity index (χ0) is 15.8. The first-order chi connectivity index (χ1) is 9.99. The summed E-state index contributed by atoms with van der Waals surface area (Å²) in [6, 6.07) is 4.98. The van der Waals surface area contributed by atoms with Crippen LogP contribution in [0.4, 0.5) is 4.39 Å². The van der Waals surface area contributed by atoms with Gasteiger partial charge in [-0.25, -0.2) is 4.39 Å². The summed E-state index contributed by atoms with van der Waals surface area (Å²) in [5.41, 5.74) is 4.18. The highest BCUT2D eigenvalue weighted by Crippen LogP contribution is 2.24. The van der Waals surface area contributed by atoms with Crippen molar-refractivity contribution < 1.29 is 4.39 Å². The molecule has 0 spiro atoms. The van der Waals surface area contributed by atoms with Crippen molar-refractivity contribution in [3.8, 4) is 0 Å². The first-order valence-corrected chi connectivity index (χ1v) is 7.49. The van der Waals surface area contributed by atoms with E-state index in [0.29, 0.717) is 0 Å². The number of hydrogen-bond acceptors (Lipinski definition) is 2. The Balaban J connectivity index is 2.71. The average molecular weight is 290 g/mol. The molecule has 0 aliphatic heterocycles. The second-order valence-corrected chi connectivity index (χ2v) is 5.35. The summed E-state index contributed by atoms with van der Waals surface area (Å²) >= 11 is 0. The number of hydrogen-bond donors (Lipinski definition) is 1. The normalized spacial score (nSPS) is 10.5. The molecule has 0 aliphatic rings. The lowest BCUT2D eigenvalue weighted by molar-refractivity contribution is 0.401. The van der Waals surface area contributed by atoms with Crippen molar-refractivity contribution in [2.75, 3.05) is 27.2 Å². The molecule has 0 heterocycles. The Kier molecular flexibility index (Phi) is 7.17. The van der Waals surface area contributed by atoms with Gasteiger partial charge in [0.05, 0.1) is 0 Å². The molecule has 0 amide bonds. The Bertz CT molecular complexity index is 494. The molecule has 21 heavy (non-hydrogen) atoms. The van der Waals surface area contributed by atoms with Crippen LogP contribution < -0.4 is 5.32 Å². The van der Waals surface area contributed by atoms with E-state index in [1.165, 1.54) is 6.07 Å². The minimum atomic E-state index is -0.201. The van der Waals surface area contributed by atoms with Crippen LogP contribution in [-0.4, -0.2) is 32.1 Å². The van der Waals surface area contributed by atoms with Crippen molar-refractivity contribution in [3.05, 3.63) is 54.0 Å². The van der Waals surface area contributed by atoms with E-state index in [-0.39, 0.29) is 5.82 Å². The monoisotopic (exact) mass is 290 g/mol. The third-order valence-electron chi connectivity index (χ3n) is 3.80. The molecule has 0 aromatic heterocycles. The molecule has 0 fully saturated rings. The number of nitrogens with zero attached hydrogens (tertiary/aromatic N) is 1. The molecule has 1 aromatic rings.